The lowest BCUT2D eigenvalue weighted by atomic mass is 9.74. The van der Waals surface area contributed by atoms with Crippen molar-refractivity contribution < 1.29 is 9.50 Å². The second kappa shape index (κ2) is 10.5. The van der Waals surface area contributed by atoms with Gasteiger partial charge in [0.15, 0.2) is 0 Å². The zero-order valence-electron chi connectivity index (χ0n) is 18.9. The van der Waals surface area contributed by atoms with Gasteiger partial charge < -0.3 is 14.9 Å². The number of hydrogen-bond acceptors (Lipinski definition) is 3. The van der Waals surface area contributed by atoms with Gasteiger partial charge in [0.05, 0.1) is 5.60 Å². The molecule has 1 aliphatic heterocycles. The minimum absolute atomic E-state index is 0.138. The highest BCUT2D eigenvalue weighted by Gasteiger charge is 2.42. The summed E-state index contributed by atoms with van der Waals surface area (Å²) < 4.78 is 13.5. The third-order valence-electron chi connectivity index (χ3n) is 7.13. The van der Waals surface area contributed by atoms with Gasteiger partial charge in [-0.05, 0) is 67.3 Å². The van der Waals surface area contributed by atoms with E-state index in [1.807, 2.05) is 18.2 Å². The lowest BCUT2D eigenvalue weighted by Crippen LogP contribution is -2.51. The van der Waals surface area contributed by atoms with Crippen LogP contribution in [0.2, 0.25) is 5.02 Å². The van der Waals surface area contributed by atoms with E-state index in [-0.39, 0.29) is 11.7 Å². The lowest BCUT2D eigenvalue weighted by Gasteiger charge is -2.42. The van der Waals surface area contributed by atoms with E-state index in [0.29, 0.717) is 11.4 Å². The maximum absolute atomic E-state index is 13.5. The number of piperazine rings is 1. The molecular formula is C27H34ClFN2O. The molecular weight excluding hydrogens is 423 g/mol. The van der Waals surface area contributed by atoms with Gasteiger partial charge in [0.1, 0.15) is 5.82 Å². The zero-order valence-corrected chi connectivity index (χ0v) is 19.7. The molecule has 1 N–H and O–H groups in total. The van der Waals surface area contributed by atoms with Crippen LogP contribution in [0.15, 0.2) is 54.1 Å². The van der Waals surface area contributed by atoms with Crippen LogP contribution in [-0.2, 0) is 6.42 Å². The average Bonchev–Trinajstić information content (AvgIpc) is 2.91. The molecule has 172 valence electrons. The van der Waals surface area contributed by atoms with Gasteiger partial charge in [-0.2, -0.15) is 0 Å². The highest BCUT2D eigenvalue weighted by atomic mass is 35.5. The molecule has 2 aromatic rings. The van der Waals surface area contributed by atoms with Gasteiger partial charge in [-0.25, -0.2) is 4.39 Å². The molecule has 1 heterocycles. The van der Waals surface area contributed by atoms with Crippen molar-refractivity contribution in [2.45, 2.75) is 37.7 Å². The van der Waals surface area contributed by atoms with Crippen LogP contribution in [-0.4, -0.2) is 60.3 Å². The average molecular weight is 457 g/mol. The molecule has 0 spiro atoms. The molecule has 4 rings (SSSR count). The summed E-state index contributed by atoms with van der Waals surface area (Å²) in [5.74, 6) is -0.103. The Kier molecular flexibility index (Phi) is 7.67. The highest BCUT2D eigenvalue weighted by molar-refractivity contribution is 6.30. The standard InChI is InChI=1S/C27H34ClFN2O/c1-30-13-15-31(16-14-30)20-24-7-3-2-6-23(17-21-9-11-26(29)12-10-21)27(24,32)19-22-5-4-8-25(28)18-22/h4-5,8-12,17-18,24,32H,2-3,6-7,13-16,19-20H2,1H3/b23-17-. The Labute approximate surface area is 196 Å². The molecule has 1 saturated heterocycles. The second-order valence-electron chi connectivity index (χ2n) is 9.50. The van der Waals surface area contributed by atoms with E-state index >= 15 is 0 Å². The van der Waals surface area contributed by atoms with E-state index in [9.17, 15) is 9.50 Å². The number of aliphatic hydroxyl groups is 1. The van der Waals surface area contributed by atoms with Gasteiger partial charge in [-0.1, -0.05) is 48.4 Å². The van der Waals surface area contributed by atoms with Crippen LogP contribution in [0.5, 0.6) is 0 Å². The van der Waals surface area contributed by atoms with E-state index in [1.165, 1.54) is 12.1 Å². The summed E-state index contributed by atoms with van der Waals surface area (Å²) in [5, 5.41) is 13.1. The molecule has 2 atom stereocenters. The molecule has 2 aromatic carbocycles. The van der Waals surface area contributed by atoms with Crippen LogP contribution in [0.4, 0.5) is 4.39 Å². The maximum atomic E-state index is 13.5. The number of likely N-dealkylation sites (N-methyl/N-ethyl adjacent to an activating group) is 1. The van der Waals surface area contributed by atoms with E-state index in [1.54, 1.807) is 12.1 Å². The summed E-state index contributed by atoms with van der Waals surface area (Å²) in [5.41, 5.74) is 2.08. The molecule has 1 saturated carbocycles. The number of halogens is 2. The molecule has 32 heavy (non-hydrogen) atoms. The molecule has 2 aliphatic rings. The Morgan fingerprint density at radius 3 is 2.56 bits per heavy atom. The van der Waals surface area contributed by atoms with Gasteiger partial charge in [-0.15, -0.1) is 0 Å². The fourth-order valence-electron chi connectivity index (χ4n) is 5.18. The molecule has 0 amide bonds. The number of rotatable bonds is 5. The van der Waals surface area contributed by atoms with Crippen molar-refractivity contribution in [3.05, 3.63) is 76.1 Å². The second-order valence-corrected chi connectivity index (χ2v) is 9.94. The molecule has 0 bridgehead atoms. The molecule has 2 unspecified atom stereocenters. The predicted octanol–water partition coefficient (Wildman–Crippen LogP) is 5.27. The number of benzene rings is 2. The van der Waals surface area contributed by atoms with Gasteiger partial charge in [0.2, 0.25) is 0 Å². The Hall–Kier alpha value is -1.72. The molecule has 0 radical (unpaired) electrons. The van der Waals surface area contributed by atoms with Gasteiger partial charge in [0, 0.05) is 50.1 Å². The van der Waals surface area contributed by atoms with Crippen LogP contribution >= 0.6 is 11.6 Å². The first kappa shape index (κ1) is 23.4. The molecule has 3 nitrogen and oxygen atoms in total. The first-order chi connectivity index (χ1) is 15.4. The first-order valence-corrected chi connectivity index (χ1v) is 12.1. The molecule has 1 aliphatic carbocycles. The summed E-state index contributed by atoms with van der Waals surface area (Å²) in [6.45, 7) is 5.11. The van der Waals surface area contributed by atoms with E-state index in [0.717, 1.165) is 75.1 Å². The number of hydrogen-bond donors (Lipinski definition) is 1. The summed E-state index contributed by atoms with van der Waals surface area (Å²) >= 11 is 6.28. The summed E-state index contributed by atoms with van der Waals surface area (Å²) in [6.07, 6.45) is 6.66. The van der Waals surface area contributed by atoms with Crippen molar-refractivity contribution in [3.8, 4) is 0 Å². The van der Waals surface area contributed by atoms with Crippen molar-refractivity contribution in [1.29, 1.82) is 0 Å². The van der Waals surface area contributed by atoms with Gasteiger partial charge in [-0.3, -0.25) is 0 Å². The van der Waals surface area contributed by atoms with Crippen LogP contribution in [0.3, 0.4) is 0 Å². The van der Waals surface area contributed by atoms with Gasteiger partial charge in [0.25, 0.3) is 0 Å². The molecule has 2 fully saturated rings. The van der Waals surface area contributed by atoms with Crippen LogP contribution < -0.4 is 0 Å². The minimum atomic E-state index is -0.959. The third kappa shape index (κ3) is 5.79. The Balaban J connectivity index is 1.68. The zero-order chi connectivity index (χ0) is 22.6. The van der Waals surface area contributed by atoms with Crippen LogP contribution in [0, 0.1) is 11.7 Å². The van der Waals surface area contributed by atoms with E-state index in [2.05, 4.69) is 29.0 Å². The summed E-state index contributed by atoms with van der Waals surface area (Å²) in [7, 11) is 2.17. The summed E-state index contributed by atoms with van der Waals surface area (Å²) in [6, 6.07) is 14.4. The van der Waals surface area contributed by atoms with E-state index in [4.69, 9.17) is 11.6 Å². The fourth-order valence-corrected chi connectivity index (χ4v) is 5.39. The van der Waals surface area contributed by atoms with Crippen molar-refractivity contribution >= 4 is 17.7 Å². The van der Waals surface area contributed by atoms with Crippen molar-refractivity contribution in [2.75, 3.05) is 39.8 Å². The molecule has 5 heteroatoms. The topological polar surface area (TPSA) is 26.7 Å². The van der Waals surface area contributed by atoms with Crippen LogP contribution in [0.1, 0.15) is 36.8 Å². The summed E-state index contributed by atoms with van der Waals surface area (Å²) in [4.78, 5) is 4.87. The number of nitrogens with zero attached hydrogens (tertiary/aromatic N) is 2. The normalized spacial score (nSPS) is 26.9. The Morgan fingerprint density at radius 2 is 1.84 bits per heavy atom. The molecule has 0 aromatic heterocycles. The highest BCUT2D eigenvalue weighted by Crippen LogP contribution is 2.41. The first-order valence-electron chi connectivity index (χ1n) is 11.8. The smallest absolute Gasteiger partial charge is 0.123 e. The monoisotopic (exact) mass is 456 g/mol. The maximum Gasteiger partial charge on any atom is 0.123 e. The minimum Gasteiger partial charge on any atom is -0.385 e. The largest absolute Gasteiger partial charge is 0.385 e. The fraction of sp³-hybridized carbons (Fsp3) is 0.481. The lowest BCUT2D eigenvalue weighted by molar-refractivity contribution is -0.00643. The van der Waals surface area contributed by atoms with Crippen molar-refractivity contribution in [1.82, 2.24) is 9.80 Å². The van der Waals surface area contributed by atoms with Crippen LogP contribution in [0.25, 0.3) is 6.08 Å². The van der Waals surface area contributed by atoms with Crippen molar-refractivity contribution in [2.24, 2.45) is 5.92 Å². The quantitative estimate of drug-likeness (QED) is 0.620. The SMILES string of the molecule is CN1CCN(CC2CCCC/C(=C/c3ccc(F)cc3)C2(O)Cc2cccc(Cl)c2)CC1. The third-order valence-corrected chi connectivity index (χ3v) is 7.36. The Bertz CT molecular complexity index is 924. The van der Waals surface area contributed by atoms with Gasteiger partial charge >= 0.3 is 0 Å². The van der Waals surface area contributed by atoms with Crippen molar-refractivity contribution in [3.63, 3.8) is 0 Å². The Morgan fingerprint density at radius 1 is 1.09 bits per heavy atom. The predicted molar refractivity (Wildman–Crippen MR) is 130 cm³/mol. The van der Waals surface area contributed by atoms with E-state index < -0.39 is 5.60 Å².